The topological polar surface area (TPSA) is 78.9 Å². The molecule has 0 amide bonds. The molecule has 6 nitrogen and oxygen atoms in total. The number of allylic oxidation sites excluding steroid dienone is 18. The van der Waals surface area contributed by atoms with E-state index in [9.17, 15) is 14.4 Å². The third-order valence-corrected chi connectivity index (χ3v) is 10.5. The Morgan fingerprint density at radius 1 is 0.328 bits per heavy atom. The standard InChI is InChI=1S/C58H94O6/c1-4-7-10-13-16-19-22-25-27-28-29-30-32-34-37-39-42-45-48-51-57(60)63-54-55(64-58(61)52-49-46-43-40-35-24-21-18-15-12-9-6-3)53-62-56(59)50-47-44-41-38-36-33-31-26-23-20-17-14-11-8-5-2/h7-8,10-11,16-17,19-20,25-27,29-31,34,36-38,55H,4-6,9,12-15,18,21-24,28,32-33,35,39-54H2,1-3H3/b10-7-,11-8-,19-16-,20-17-,27-25-,30-29-,31-26-,37-34-,38-36-/t55-/m0/s1. The molecule has 362 valence electrons. The van der Waals surface area contributed by atoms with Crippen molar-refractivity contribution in [3.05, 3.63) is 109 Å². The number of unbranched alkanes of at least 4 members (excludes halogenated alkanes) is 16. The van der Waals surface area contributed by atoms with Crippen molar-refractivity contribution < 1.29 is 28.6 Å². The van der Waals surface area contributed by atoms with Crippen molar-refractivity contribution in [1.29, 1.82) is 0 Å². The summed E-state index contributed by atoms with van der Waals surface area (Å²) < 4.78 is 16.7. The van der Waals surface area contributed by atoms with Crippen molar-refractivity contribution in [2.45, 2.75) is 226 Å². The van der Waals surface area contributed by atoms with Crippen molar-refractivity contribution in [2.24, 2.45) is 0 Å². The van der Waals surface area contributed by atoms with Crippen molar-refractivity contribution in [3.8, 4) is 0 Å². The van der Waals surface area contributed by atoms with Crippen LogP contribution in [0.1, 0.15) is 220 Å². The van der Waals surface area contributed by atoms with Gasteiger partial charge in [-0.15, -0.1) is 0 Å². The van der Waals surface area contributed by atoms with Gasteiger partial charge in [0, 0.05) is 19.3 Å². The molecule has 0 aromatic rings. The van der Waals surface area contributed by atoms with Crippen molar-refractivity contribution in [2.75, 3.05) is 13.2 Å². The predicted molar refractivity (Wildman–Crippen MR) is 274 cm³/mol. The van der Waals surface area contributed by atoms with Crippen LogP contribution in [0, 0.1) is 0 Å². The first-order chi connectivity index (χ1) is 31.5. The fraction of sp³-hybridized carbons (Fsp3) is 0.638. The number of ether oxygens (including phenoxy) is 3. The molecule has 0 aliphatic carbocycles. The Hall–Kier alpha value is -3.93. The van der Waals surface area contributed by atoms with E-state index < -0.39 is 6.10 Å². The van der Waals surface area contributed by atoms with E-state index in [2.05, 4.69) is 130 Å². The minimum atomic E-state index is -0.808. The maximum absolute atomic E-state index is 12.8. The number of carbonyl (C=O) groups excluding carboxylic acids is 3. The smallest absolute Gasteiger partial charge is 0.306 e. The minimum Gasteiger partial charge on any atom is -0.462 e. The first-order valence-corrected chi connectivity index (χ1v) is 25.9. The summed E-state index contributed by atoms with van der Waals surface area (Å²) in [6, 6.07) is 0. The van der Waals surface area contributed by atoms with Gasteiger partial charge in [0.15, 0.2) is 6.10 Å². The zero-order valence-electron chi connectivity index (χ0n) is 41.3. The number of hydrogen-bond acceptors (Lipinski definition) is 6. The monoisotopic (exact) mass is 887 g/mol. The van der Waals surface area contributed by atoms with Crippen molar-refractivity contribution >= 4 is 17.9 Å². The van der Waals surface area contributed by atoms with Gasteiger partial charge in [-0.2, -0.15) is 0 Å². The Balaban J connectivity index is 4.50. The second-order valence-corrected chi connectivity index (χ2v) is 16.7. The summed E-state index contributed by atoms with van der Waals surface area (Å²) in [5, 5.41) is 0. The maximum Gasteiger partial charge on any atom is 0.306 e. The Labute approximate surface area is 393 Å². The molecule has 64 heavy (non-hydrogen) atoms. The fourth-order valence-electron chi connectivity index (χ4n) is 6.69. The largest absolute Gasteiger partial charge is 0.462 e. The van der Waals surface area contributed by atoms with Crippen LogP contribution in [0.2, 0.25) is 0 Å². The number of esters is 3. The molecule has 0 heterocycles. The first-order valence-electron chi connectivity index (χ1n) is 25.9. The van der Waals surface area contributed by atoms with Crippen LogP contribution in [0.15, 0.2) is 109 Å². The minimum absolute atomic E-state index is 0.109. The summed E-state index contributed by atoms with van der Waals surface area (Å²) in [6.45, 7) is 6.33. The third-order valence-electron chi connectivity index (χ3n) is 10.5. The highest BCUT2D eigenvalue weighted by Crippen LogP contribution is 2.14. The van der Waals surface area contributed by atoms with E-state index in [1.807, 2.05) is 0 Å². The molecule has 0 unspecified atom stereocenters. The van der Waals surface area contributed by atoms with E-state index >= 15 is 0 Å². The van der Waals surface area contributed by atoms with E-state index in [-0.39, 0.29) is 31.1 Å². The fourth-order valence-corrected chi connectivity index (χ4v) is 6.69. The summed E-state index contributed by atoms with van der Waals surface area (Å²) in [4.78, 5) is 38.0. The first kappa shape index (κ1) is 60.1. The second kappa shape index (κ2) is 51.7. The predicted octanol–water partition coefficient (Wildman–Crippen LogP) is 17.1. The normalized spacial score (nSPS) is 13.0. The van der Waals surface area contributed by atoms with Crippen molar-refractivity contribution in [1.82, 2.24) is 0 Å². The highest BCUT2D eigenvalue weighted by atomic mass is 16.6. The van der Waals surface area contributed by atoms with Gasteiger partial charge in [0.05, 0.1) is 0 Å². The molecule has 0 radical (unpaired) electrons. The molecule has 0 aliphatic rings. The van der Waals surface area contributed by atoms with Gasteiger partial charge in [0.25, 0.3) is 0 Å². The van der Waals surface area contributed by atoms with Crippen LogP contribution in [-0.2, 0) is 28.6 Å². The summed E-state index contributed by atoms with van der Waals surface area (Å²) in [6.07, 6.45) is 69.3. The lowest BCUT2D eigenvalue weighted by Crippen LogP contribution is -2.30. The molecule has 0 saturated heterocycles. The van der Waals surface area contributed by atoms with E-state index in [1.54, 1.807) is 0 Å². The van der Waals surface area contributed by atoms with Gasteiger partial charge >= 0.3 is 17.9 Å². The highest BCUT2D eigenvalue weighted by molar-refractivity contribution is 5.71. The molecule has 0 saturated carbocycles. The van der Waals surface area contributed by atoms with Gasteiger partial charge in [0.2, 0.25) is 0 Å². The van der Waals surface area contributed by atoms with Crippen LogP contribution in [0.3, 0.4) is 0 Å². The SMILES string of the molecule is CC/C=C\C/C=C\C/C=C\C/C=C\C/C=C\CCCCCC(=O)OC[C@H](COC(=O)CCCC/C=C\C/C=C\C/C=C\C/C=C\CC)OC(=O)CCCCCCCCCCCCCC. The number of rotatable bonds is 45. The van der Waals surface area contributed by atoms with Gasteiger partial charge in [-0.05, 0) is 103 Å². The van der Waals surface area contributed by atoms with Crippen LogP contribution >= 0.6 is 0 Å². The molecule has 0 spiro atoms. The average molecular weight is 887 g/mol. The van der Waals surface area contributed by atoms with Crippen LogP contribution in [0.25, 0.3) is 0 Å². The van der Waals surface area contributed by atoms with Gasteiger partial charge < -0.3 is 14.2 Å². The third kappa shape index (κ3) is 49.1. The highest BCUT2D eigenvalue weighted by Gasteiger charge is 2.19. The van der Waals surface area contributed by atoms with Gasteiger partial charge in [-0.1, -0.05) is 207 Å². The molecule has 0 N–H and O–H groups in total. The van der Waals surface area contributed by atoms with Crippen LogP contribution in [-0.4, -0.2) is 37.2 Å². The quantitative estimate of drug-likeness (QED) is 0.0262. The zero-order valence-corrected chi connectivity index (χ0v) is 41.3. The summed E-state index contributed by atoms with van der Waals surface area (Å²) >= 11 is 0. The lowest BCUT2D eigenvalue weighted by atomic mass is 10.0. The molecule has 6 heteroatoms. The van der Waals surface area contributed by atoms with Gasteiger partial charge in [-0.25, -0.2) is 0 Å². The van der Waals surface area contributed by atoms with Gasteiger partial charge in [-0.3, -0.25) is 14.4 Å². The molecular formula is C58H94O6. The molecule has 0 aliphatic heterocycles. The molecule has 0 fully saturated rings. The van der Waals surface area contributed by atoms with Crippen LogP contribution in [0.5, 0.6) is 0 Å². The average Bonchev–Trinajstić information content (AvgIpc) is 3.29. The number of carbonyl (C=O) groups is 3. The molecule has 0 aromatic heterocycles. The zero-order chi connectivity index (χ0) is 46.5. The lowest BCUT2D eigenvalue weighted by molar-refractivity contribution is -0.167. The molecule has 1 atom stereocenters. The molecule has 0 aromatic carbocycles. The van der Waals surface area contributed by atoms with Crippen LogP contribution < -0.4 is 0 Å². The van der Waals surface area contributed by atoms with Crippen molar-refractivity contribution in [3.63, 3.8) is 0 Å². The summed E-state index contributed by atoms with van der Waals surface area (Å²) in [5.41, 5.74) is 0. The molecule has 0 rings (SSSR count). The van der Waals surface area contributed by atoms with E-state index in [0.29, 0.717) is 19.3 Å². The van der Waals surface area contributed by atoms with E-state index in [1.165, 1.54) is 57.8 Å². The second-order valence-electron chi connectivity index (χ2n) is 16.7. The Bertz CT molecular complexity index is 1340. The summed E-state index contributed by atoms with van der Waals surface area (Å²) in [7, 11) is 0. The van der Waals surface area contributed by atoms with E-state index in [0.717, 1.165) is 122 Å². The summed E-state index contributed by atoms with van der Waals surface area (Å²) in [5.74, 6) is -0.984. The Kier molecular flexibility index (Phi) is 48.5. The van der Waals surface area contributed by atoms with E-state index in [4.69, 9.17) is 14.2 Å². The van der Waals surface area contributed by atoms with Crippen LogP contribution in [0.4, 0.5) is 0 Å². The van der Waals surface area contributed by atoms with Gasteiger partial charge in [0.1, 0.15) is 13.2 Å². The Morgan fingerprint density at radius 3 is 0.984 bits per heavy atom. The number of hydrogen-bond donors (Lipinski definition) is 0. The molecule has 0 bridgehead atoms. The maximum atomic E-state index is 12.8. The molecular weight excluding hydrogens is 793 g/mol. The Morgan fingerprint density at radius 2 is 0.609 bits per heavy atom. The lowest BCUT2D eigenvalue weighted by Gasteiger charge is -2.18.